The fourth-order valence-electron chi connectivity index (χ4n) is 10.8. The van der Waals surface area contributed by atoms with E-state index in [0.717, 1.165) is 95.8 Å². The fourth-order valence-corrected chi connectivity index (χ4v) is 12.4. The SMILES string of the molecule is CCCCCCCCCCCCCCCC(=O)OC[C@H](COP(=O)(O)OC[C@@H](O)COP(=O)(O)OC[C@@H](COC(=O)CCCCCCCCCCC)OC(=O)CCCCCCCCCCCCC)OC(=O)CCCCCCCCCCCCCCCCC(C)C. The van der Waals surface area contributed by atoms with Crippen molar-refractivity contribution in [3.05, 3.63) is 0 Å². The molecule has 2 unspecified atom stereocenters. The number of carbonyl (C=O) groups is 4. The number of hydrogen-bond donors (Lipinski definition) is 3. The summed E-state index contributed by atoms with van der Waals surface area (Å²) < 4.78 is 68.3. The number of ether oxygens (including phenoxy) is 4. The minimum atomic E-state index is -4.95. The third kappa shape index (κ3) is 64.8. The number of carbonyl (C=O) groups excluding carboxylic acids is 4. The minimum absolute atomic E-state index is 0.107. The molecule has 5 atom stereocenters. The smallest absolute Gasteiger partial charge is 0.462 e. The van der Waals surface area contributed by atoms with Gasteiger partial charge in [-0.1, -0.05) is 317 Å². The van der Waals surface area contributed by atoms with Crippen LogP contribution in [0.15, 0.2) is 0 Å². The maximum absolute atomic E-state index is 13.0. The van der Waals surface area contributed by atoms with Gasteiger partial charge in [0.2, 0.25) is 0 Å². The molecule has 0 fully saturated rings. The van der Waals surface area contributed by atoms with Crippen LogP contribution in [0.25, 0.3) is 0 Å². The molecule has 0 aliphatic heterocycles. The van der Waals surface area contributed by atoms with Gasteiger partial charge in [-0.15, -0.1) is 0 Å². The van der Waals surface area contributed by atoms with Gasteiger partial charge in [-0.3, -0.25) is 37.3 Å². The molecule has 3 N–H and O–H groups in total. The molecule has 90 heavy (non-hydrogen) atoms. The number of unbranched alkanes of at least 4 members (excludes halogenated alkanes) is 43. The topological polar surface area (TPSA) is 237 Å². The minimum Gasteiger partial charge on any atom is -0.462 e. The van der Waals surface area contributed by atoms with Gasteiger partial charge in [0.1, 0.15) is 19.3 Å². The number of phosphoric acid groups is 2. The van der Waals surface area contributed by atoms with E-state index in [1.54, 1.807) is 0 Å². The zero-order valence-electron chi connectivity index (χ0n) is 58.3. The first-order valence-electron chi connectivity index (χ1n) is 37.1. The average Bonchev–Trinajstić information content (AvgIpc) is 3.39. The summed E-state index contributed by atoms with van der Waals surface area (Å²) in [6.07, 6.45) is 51.2. The summed E-state index contributed by atoms with van der Waals surface area (Å²) in [5.41, 5.74) is 0. The molecule has 0 saturated heterocycles. The summed E-state index contributed by atoms with van der Waals surface area (Å²) in [5, 5.41) is 10.6. The van der Waals surface area contributed by atoms with Crippen molar-refractivity contribution in [1.29, 1.82) is 0 Å². The summed E-state index contributed by atoms with van der Waals surface area (Å²) >= 11 is 0. The number of hydrogen-bond acceptors (Lipinski definition) is 15. The van der Waals surface area contributed by atoms with E-state index in [2.05, 4.69) is 34.6 Å². The van der Waals surface area contributed by atoms with E-state index in [1.165, 1.54) is 193 Å². The third-order valence-corrected chi connectivity index (χ3v) is 18.4. The van der Waals surface area contributed by atoms with Gasteiger partial charge in [0, 0.05) is 25.7 Å². The monoisotopic (exact) mass is 1320 g/mol. The Kier molecular flexibility index (Phi) is 63.0. The van der Waals surface area contributed by atoms with E-state index in [-0.39, 0.29) is 25.7 Å². The predicted molar refractivity (Wildman–Crippen MR) is 363 cm³/mol. The van der Waals surface area contributed by atoms with Crippen molar-refractivity contribution in [1.82, 2.24) is 0 Å². The molecule has 0 aliphatic rings. The highest BCUT2D eigenvalue weighted by Gasteiger charge is 2.30. The van der Waals surface area contributed by atoms with Crippen LogP contribution in [0.3, 0.4) is 0 Å². The molecule has 0 saturated carbocycles. The van der Waals surface area contributed by atoms with Gasteiger partial charge in [-0.05, 0) is 31.6 Å². The van der Waals surface area contributed by atoms with Gasteiger partial charge in [-0.2, -0.15) is 0 Å². The molecule has 19 heteroatoms. The Hall–Kier alpha value is -1.94. The summed E-state index contributed by atoms with van der Waals surface area (Å²) in [7, 11) is -9.90. The molecule has 17 nitrogen and oxygen atoms in total. The zero-order valence-corrected chi connectivity index (χ0v) is 60.1. The van der Waals surface area contributed by atoms with Crippen LogP contribution in [0.2, 0.25) is 0 Å². The van der Waals surface area contributed by atoms with Crippen LogP contribution in [0.1, 0.15) is 369 Å². The van der Waals surface area contributed by atoms with Gasteiger partial charge in [0.15, 0.2) is 12.2 Å². The maximum Gasteiger partial charge on any atom is 0.472 e. The van der Waals surface area contributed by atoms with Crippen LogP contribution in [-0.4, -0.2) is 96.7 Å². The molecule has 0 aromatic carbocycles. The molecular weight excluding hydrogens is 1190 g/mol. The van der Waals surface area contributed by atoms with Gasteiger partial charge in [0.05, 0.1) is 26.4 Å². The molecule has 0 radical (unpaired) electrons. The van der Waals surface area contributed by atoms with Crippen molar-refractivity contribution in [2.24, 2.45) is 5.92 Å². The summed E-state index contributed by atoms with van der Waals surface area (Å²) in [5.74, 6) is -1.32. The van der Waals surface area contributed by atoms with Crippen molar-refractivity contribution in [2.75, 3.05) is 39.6 Å². The Morgan fingerprint density at radius 1 is 0.300 bits per heavy atom. The van der Waals surface area contributed by atoms with E-state index >= 15 is 0 Å². The predicted octanol–water partition coefficient (Wildman–Crippen LogP) is 20.5. The van der Waals surface area contributed by atoms with Gasteiger partial charge < -0.3 is 33.8 Å². The first-order chi connectivity index (χ1) is 43.5. The molecule has 0 aromatic rings. The van der Waals surface area contributed by atoms with Crippen molar-refractivity contribution < 1.29 is 80.2 Å². The van der Waals surface area contributed by atoms with Crippen molar-refractivity contribution in [3.63, 3.8) is 0 Å². The molecule has 0 heterocycles. The van der Waals surface area contributed by atoms with E-state index in [0.29, 0.717) is 25.7 Å². The number of esters is 4. The van der Waals surface area contributed by atoms with Crippen molar-refractivity contribution in [2.45, 2.75) is 387 Å². The molecule has 0 aromatic heterocycles. The van der Waals surface area contributed by atoms with E-state index in [4.69, 9.17) is 37.0 Å². The highest BCUT2D eigenvalue weighted by atomic mass is 31.2. The maximum atomic E-state index is 13.0. The van der Waals surface area contributed by atoms with E-state index in [1.807, 2.05) is 0 Å². The van der Waals surface area contributed by atoms with Crippen LogP contribution < -0.4 is 0 Å². The van der Waals surface area contributed by atoms with Crippen molar-refractivity contribution >= 4 is 39.5 Å². The number of aliphatic hydroxyl groups excluding tert-OH is 1. The Balaban J connectivity index is 5.22. The molecule has 0 bridgehead atoms. The van der Waals surface area contributed by atoms with E-state index in [9.17, 15) is 43.2 Å². The largest absolute Gasteiger partial charge is 0.472 e. The summed E-state index contributed by atoms with van der Waals surface area (Å²) in [6, 6.07) is 0. The Morgan fingerprint density at radius 2 is 0.511 bits per heavy atom. The third-order valence-electron chi connectivity index (χ3n) is 16.5. The normalized spacial score (nSPS) is 14.1. The quantitative estimate of drug-likeness (QED) is 0.0222. The Labute approximate surface area is 549 Å². The number of phosphoric ester groups is 2. The first-order valence-corrected chi connectivity index (χ1v) is 40.1. The van der Waals surface area contributed by atoms with Gasteiger partial charge in [-0.25, -0.2) is 9.13 Å². The first kappa shape index (κ1) is 88.1. The van der Waals surface area contributed by atoms with Crippen molar-refractivity contribution in [3.8, 4) is 0 Å². The van der Waals surface area contributed by atoms with Crippen LogP contribution in [0, 0.1) is 5.92 Å². The Bertz CT molecular complexity index is 1740. The van der Waals surface area contributed by atoms with Gasteiger partial charge in [0.25, 0.3) is 0 Å². The second-order valence-electron chi connectivity index (χ2n) is 26.1. The van der Waals surface area contributed by atoms with Crippen LogP contribution in [0.5, 0.6) is 0 Å². The molecular formula is C71H138O17P2. The second kappa shape index (κ2) is 64.4. The lowest BCUT2D eigenvalue weighted by molar-refractivity contribution is -0.161. The summed E-state index contributed by atoms with van der Waals surface area (Å²) in [6.45, 7) is 7.26. The lowest BCUT2D eigenvalue weighted by Gasteiger charge is -2.21. The zero-order chi connectivity index (χ0) is 66.3. The molecule has 534 valence electrons. The fraction of sp³-hybridized carbons (Fsp3) is 0.944. The van der Waals surface area contributed by atoms with Gasteiger partial charge >= 0.3 is 39.5 Å². The lowest BCUT2D eigenvalue weighted by Crippen LogP contribution is -2.30. The molecule has 0 spiro atoms. The van der Waals surface area contributed by atoms with Crippen LogP contribution in [-0.2, 0) is 65.4 Å². The number of aliphatic hydroxyl groups is 1. The molecule has 0 aliphatic carbocycles. The standard InChI is InChI=1S/C71H138O17P2/c1-6-9-12-15-18-21-23-26-31-35-40-45-50-55-69(74)82-61-67(88-71(76)57-52-47-42-37-32-28-25-24-27-30-34-38-43-48-53-64(4)5)63-86-90(79,80)84-59-65(72)58-83-89(77,78)85-62-66(60-81-68(73)54-49-44-39-33-20-17-14-11-8-3)87-70(75)56-51-46-41-36-29-22-19-16-13-10-7-2/h64-67,72H,6-63H2,1-5H3,(H,77,78)(H,79,80)/t65-,66+,67+/m0/s1. The van der Waals surface area contributed by atoms with Crippen LogP contribution >= 0.6 is 15.6 Å². The number of rotatable bonds is 71. The van der Waals surface area contributed by atoms with Crippen LogP contribution in [0.4, 0.5) is 0 Å². The molecule has 0 rings (SSSR count). The lowest BCUT2D eigenvalue weighted by atomic mass is 10.0. The molecule has 0 amide bonds. The highest BCUT2D eigenvalue weighted by molar-refractivity contribution is 7.47. The summed E-state index contributed by atoms with van der Waals surface area (Å²) in [4.78, 5) is 72.5. The Morgan fingerprint density at radius 3 is 0.756 bits per heavy atom. The second-order valence-corrected chi connectivity index (χ2v) is 29.0. The van der Waals surface area contributed by atoms with E-state index < -0.39 is 97.5 Å². The average molecular weight is 1330 g/mol. The highest BCUT2D eigenvalue weighted by Crippen LogP contribution is 2.45.